The van der Waals surface area contributed by atoms with Gasteiger partial charge in [0, 0.05) is 40.2 Å². The van der Waals surface area contributed by atoms with Crippen molar-refractivity contribution >= 4 is 69.3 Å². The Morgan fingerprint density at radius 3 is 2.77 bits per heavy atom. The minimum atomic E-state index is -0.434. The number of hydrogen-bond acceptors (Lipinski definition) is 5. The van der Waals surface area contributed by atoms with E-state index in [9.17, 15) is 0 Å². The van der Waals surface area contributed by atoms with Crippen molar-refractivity contribution in [2.24, 2.45) is 7.05 Å². The zero-order valence-electron chi connectivity index (χ0n) is 15.6. The molecule has 0 spiro atoms. The Bertz CT molecular complexity index is 1260. The number of halogens is 4. The first-order chi connectivity index (χ1) is 14.4. The Morgan fingerprint density at radius 2 is 2.00 bits per heavy atom. The summed E-state index contributed by atoms with van der Waals surface area (Å²) in [6, 6.07) is 8.48. The van der Waals surface area contributed by atoms with Crippen molar-refractivity contribution in [1.29, 1.82) is 0 Å². The van der Waals surface area contributed by atoms with Gasteiger partial charge < -0.3 is 15.0 Å². The Hall–Kier alpha value is -2.19. The van der Waals surface area contributed by atoms with Crippen LogP contribution in [0.1, 0.15) is 5.56 Å². The second-order valence-electron chi connectivity index (χ2n) is 6.49. The van der Waals surface area contributed by atoms with Crippen LogP contribution in [0.4, 0.5) is 15.9 Å². The third-order valence-corrected chi connectivity index (χ3v) is 6.49. The maximum Gasteiger partial charge on any atom is 0.155 e. The maximum atomic E-state index is 15.4. The van der Waals surface area contributed by atoms with Gasteiger partial charge in [0.05, 0.1) is 16.1 Å². The molecule has 0 aliphatic carbocycles. The van der Waals surface area contributed by atoms with E-state index in [2.05, 4.69) is 14.7 Å². The van der Waals surface area contributed by atoms with Gasteiger partial charge in [0.15, 0.2) is 5.82 Å². The van der Waals surface area contributed by atoms with Crippen LogP contribution < -0.4 is 10.5 Å². The molecule has 4 rings (SSSR count). The second kappa shape index (κ2) is 8.51. The number of nitrogens with zero attached hydrogens (tertiary/aromatic N) is 3. The first-order valence-electron chi connectivity index (χ1n) is 8.71. The number of aromatic nitrogens is 3. The summed E-state index contributed by atoms with van der Waals surface area (Å²) in [5, 5.41) is 1.58. The molecule has 2 aromatic carbocycles. The van der Waals surface area contributed by atoms with E-state index in [4.69, 9.17) is 40.5 Å². The maximum absolute atomic E-state index is 15.4. The molecular weight excluding hydrogens is 468 g/mol. The molecule has 0 radical (unpaired) electrons. The van der Waals surface area contributed by atoms with Crippen LogP contribution in [0, 0.1) is 5.82 Å². The zero-order valence-corrected chi connectivity index (χ0v) is 18.7. The molecule has 3 N–H and O–H groups in total. The van der Waals surface area contributed by atoms with Gasteiger partial charge in [-0.1, -0.05) is 35.3 Å². The minimum Gasteiger partial charge on any atom is -0.383 e. The summed E-state index contributed by atoms with van der Waals surface area (Å²) in [6.45, 7) is 0. The van der Waals surface area contributed by atoms with Gasteiger partial charge in [-0.15, -0.1) is 11.6 Å². The predicted octanol–water partition coefficient (Wildman–Crippen LogP) is 6.52. The molecule has 0 amide bonds. The number of benzene rings is 2. The van der Waals surface area contributed by atoms with E-state index in [-0.39, 0.29) is 11.6 Å². The van der Waals surface area contributed by atoms with E-state index in [1.54, 1.807) is 41.1 Å². The summed E-state index contributed by atoms with van der Waals surface area (Å²) in [5.41, 5.74) is 8.66. The normalized spacial score (nSPS) is 11.2. The number of alkyl halides is 1. The van der Waals surface area contributed by atoms with Crippen molar-refractivity contribution in [1.82, 2.24) is 14.5 Å². The van der Waals surface area contributed by atoms with E-state index in [1.165, 1.54) is 6.33 Å². The van der Waals surface area contributed by atoms with Crippen molar-refractivity contribution in [3.63, 3.8) is 0 Å². The fourth-order valence-electron chi connectivity index (χ4n) is 3.16. The number of fused-ring (bicyclic) bond motifs is 1. The summed E-state index contributed by atoms with van der Waals surface area (Å²) in [7, 11) is 1.82. The molecule has 0 atom stereocenters. The molecule has 5 nitrogen and oxygen atoms in total. The van der Waals surface area contributed by atoms with E-state index < -0.39 is 5.82 Å². The van der Waals surface area contributed by atoms with Gasteiger partial charge in [0.25, 0.3) is 0 Å². The van der Waals surface area contributed by atoms with Crippen LogP contribution in [0.15, 0.2) is 47.8 Å². The molecular formula is C20H15Cl3FN5S. The molecule has 0 saturated heterocycles. The van der Waals surface area contributed by atoms with E-state index in [0.717, 1.165) is 11.9 Å². The van der Waals surface area contributed by atoms with Crippen molar-refractivity contribution in [2.75, 3.05) is 10.5 Å². The lowest BCUT2D eigenvalue weighted by Gasteiger charge is -2.12. The van der Waals surface area contributed by atoms with E-state index in [1.807, 2.05) is 7.05 Å². The molecule has 0 fully saturated rings. The number of nitrogen functional groups attached to an aromatic ring is 1. The quantitative estimate of drug-likeness (QED) is 0.250. The molecule has 154 valence electrons. The molecule has 0 bridgehead atoms. The highest BCUT2D eigenvalue weighted by atomic mass is 35.5. The highest BCUT2D eigenvalue weighted by molar-refractivity contribution is 8.00. The van der Waals surface area contributed by atoms with Crippen LogP contribution in [0.2, 0.25) is 10.0 Å². The fraction of sp³-hybridized carbons (Fsp3) is 0.100. The summed E-state index contributed by atoms with van der Waals surface area (Å²) in [6.07, 6.45) is 3.17. The molecule has 0 aliphatic heterocycles. The Balaban J connectivity index is 1.71. The topological polar surface area (TPSA) is 68.8 Å². The summed E-state index contributed by atoms with van der Waals surface area (Å²) in [4.78, 5) is 8.93. The van der Waals surface area contributed by atoms with Gasteiger partial charge in [-0.3, -0.25) is 0 Å². The van der Waals surface area contributed by atoms with Crippen molar-refractivity contribution < 1.29 is 4.39 Å². The number of rotatable bonds is 5. The second-order valence-corrected chi connectivity index (χ2v) is 8.42. The van der Waals surface area contributed by atoms with Crippen LogP contribution in [0.3, 0.4) is 0 Å². The summed E-state index contributed by atoms with van der Waals surface area (Å²) in [5.74, 6) is 0.0833. The molecule has 4 aromatic rings. The van der Waals surface area contributed by atoms with Gasteiger partial charge in [0.1, 0.15) is 17.8 Å². The first-order valence-corrected chi connectivity index (χ1v) is 10.8. The SMILES string of the molecule is Cn1cc(-c2cccc(NSc3cc(Cl)cc(CCl)c3Cl)c2F)c2c(N)ncnc21. The third-order valence-electron chi connectivity index (χ3n) is 4.57. The standard InChI is InChI=1S/C20H15Cl3FN5S/c1-29-8-13(16-19(25)26-9-27-20(16)29)12-3-2-4-14(18(12)24)28-30-15-6-11(22)5-10(7-21)17(15)23/h2-6,8-9,28H,7H2,1H3,(H2,25,26,27). The van der Waals surface area contributed by atoms with Crippen molar-refractivity contribution in [3.8, 4) is 11.1 Å². The van der Waals surface area contributed by atoms with Gasteiger partial charge in [0.2, 0.25) is 0 Å². The predicted molar refractivity (Wildman–Crippen MR) is 124 cm³/mol. The molecule has 2 heterocycles. The third kappa shape index (κ3) is 3.78. The van der Waals surface area contributed by atoms with Crippen LogP contribution >= 0.6 is 46.8 Å². The van der Waals surface area contributed by atoms with E-state index in [0.29, 0.717) is 48.5 Å². The van der Waals surface area contributed by atoms with Gasteiger partial charge in [-0.25, -0.2) is 14.4 Å². The lowest BCUT2D eigenvalue weighted by molar-refractivity contribution is 0.636. The van der Waals surface area contributed by atoms with Crippen LogP contribution in [0.5, 0.6) is 0 Å². The zero-order chi connectivity index (χ0) is 21.4. The summed E-state index contributed by atoms with van der Waals surface area (Å²) >= 11 is 19.6. The number of nitrogens with one attached hydrogen (secondary N) is 1. The molecule has 0 unspecified atom stereocenters. The molecule has 2 aromatic heterocycles. The van der Waals surface area contributed by atoms with Crippen molar-refractivity contribution in [3.05, 3.63) is 64.3 Å². The van der Waals surface area contributed by atoms with Gasteiger partial charge in [-0.2, -0.15) is 0 Å². The average molecular weight is 483 g/mol. The van der Waals surface area contributed by atoms with Gasteiger partial charge >= 0.3 is 0 Å². The molecule has 0 saturated carbocycles. The van der Waals surface area contributed by atoms with Crippen LogP contribution in [-0.4, -0.2) is 14.5 Å². The Kier molecular flexibility index (Phi) is 5.97. The smallest absolute Gasteiger partial charge is 0.155 e. The fourth-order valence-corrected chi connectivity index (χ4v) is 4.82. The Morgan fingerprint density at radius 1 is 1.20 bits per heavy atom. The monoisotopic (exact) mass is 481 g/mol. The average Bonchev–Trinajstić information content (AvgIpc) is 3.07. The largest absolute Gasteiger partial charge is 0.383 e. The molecule has 0 aliphatic rings. The first kappa shape index (κ1) is 21.1. The summed E-state index contributed by atoms with van der Waals surface area (Å²) < 4.78 is 20.2. The lowest BCUT2D eigenvalue weighted by Crippen LogP contribution is -1.96. The van der Waals surface area contributed by atoms with Crippen LogP contribution in [-0.2, 0) is 12.9 Å². The number of aryl methyl sites for hydroxylation is 1. The van der Waals surface area contributed by atoms with Crippen molar-refractivity contribution in [2.45, 2.75) is 10.8 Å². The number of nitrogens with two attached hydrogens (primary N) is 1. The van der Waals surface area contributed by atoms with Crippen LogP contribution in [0.25, 0.3) is 22.2 Å². The lowest BCUT2D eigenvalue weighted by atomic mass is 10.0. The molecule has 10 heteroatoms. The highest BCUT2D eigenvalue weighted by Crippen LogP contribution is 2.38. The molecule has 30 heavy (non-hydrogen) atoms. The minimum absolute atomic E-state index is 0.224. The van der Waals surface area contributed by atoms with Gasteiger partial charge in [-0.05, 0) is 35.7 Å². The number of anilines is 2. The number of hydrogen-bond donors (Lipinski definition) is 2. The highest BCUT2D eigenvalue weighted by Gasteiger charge is 2.18. The van der Waals surface area contributed by atoms with E-state index >= 15 is 4.39 Å². The Labute approximate surface area is 191 Å².